The molecule has 104 valence electrons. The Morgan fingerprint density at radius 3 is 1.95 bits per heavy atom. The van der Waals surface area contributed by atoms with Gasteiger partial charge in [0, 0.05) is 17.4 Å². The predicted molar refractivity (Wildman–Crippen MR) is 75.8 cm³/mol. The fourth-order valence-electron chi connectivity index (χ4n) is 2.10. The number of halogens is 2. The molecule has 4 nitrogen and oxygen atoms in total. The Kier molecular flexibility index (Phi) is 5.63. The third kappa shape index (κ3) is 3.39. The van der Waals surface area contributed by atoms with Gasteiger partial charge in [0.15, 0.2) is 0 Å². The number of carbonyl (C=O) groups is 2. The molecule has 0 aliphatic rings. The number of carboxylic acid groups (broad SMARTS) is 1. The molecule has 0 radical (unpaired) electrons. The Morgan fingerprint density at radius 2 is 1.58 bits per heavy atom. The van der Waals surface area contributed by atoms with Crippen molar-refractivity contribution in [2.75, 3.05) is 17.5 Å². The van der Waals surface area contributed by atoms with Crippen LogP contribution in [0, 0.1) is 0 Å². The van der Waals surface area contributed by atoms with E-state index in [4.69, 9.17) is 34.0 Å². The van der Waals surface area contributed by atoms with Crippen LogP contribution in [-0.4, -0.2) is 28.6 Å². The highest BCUT2D eigenvalue weighted by Crippen LogP contribution is 2.34. The van der Waals surface area contributed by atoms with E-state index in [2.05, 4.69) is 0 Å². The van der Waals surface area contributed by atoms with Crippen molar-refractivity contribution < 1.29 is 14.7 Å². The lowest BCUT2D eigenvalue weighted by Crippen LogP contribution is -2.41. The second-order valence-electron chi connectivity index (χ2n) is 4.22. The van der Waals surface area contributed by atoms with Crippen LogP contribution >= 0.6 is 23.2 Å². The van der Waals surface area contributed by atoms with Gasteiger partial charge in [0.2, 0.25) is 5.78 Å². The molecule has 0 unspecified atom stereocenters. The predicted octanol–water partition coefficient (Wildman–Crippen LogP) is 2.42. The largest absolute Gasteiger partial charge is 0.475 e. The summed E-state index contributed by atoms with van der Waals surface area (Å²) < 4.78 is 0. The number of alkyl halides is 2. The van der Waals surface area contributed by atoms with Gasteiger partial charge in [0.1, 0.15) is 0 Å². The van der Waals surface area contributed by atoms with E-state index in [1.807, 2.05) is 0 Å². The minimum Gasteiger partial charge on any atom is -0.475 e. The van der Waals surface area contributed by atoms with Crippen LogP contribution in [-0.2, 0) is 15.0 Å². The number of Topliss-reactive ketones (excluding diaryl/α,β-unsaturated/α-hetero) is 1. The Morgan fingerprint density at radius 1 is 1.11 bits per heavy atom. The van der Waals surface area contributed by atoms with Gasteiger partial charge in [0.05, 0.1) is 5.41 Å². The first-order valence-electron chi connectivity index (χ1n) is 5.73. The van der Waals surface area contributed by atoms with Gasteiger partial charge in [-0.1, -0.05) is 12.1 Å². The summed E-state index contributed by atoms with van der Waals surface area (Å²) in [5, 5.41) is 9.03. The van der Waals surface area contributed by atoms with Crippen LogP contribution in [0.5, 0.6) is 0 Å². The second kappa shape index (κ2) is 6.78. The molecule has 0 amide bonds. The van der Waals surface area contributed by atoms with E-state index >= 15 is 0 Å². The molecule has 0 fully saturated rings. The van der Waals surface area contributed by atoms with E-state index in [9.17, 15) is 9.59 Å². The van der Waals surface area contributed by atoms with Crippen molar-refractivity contribution in [3.05, 3.63) is 29.8 Å². The first-order valence-corrected chi connectivity index (χ1v) is 6.80. The number of ketones is 1. The molecule has 0 aromatic heterocycles. The highest BCUT2D eigenvalue weighted by molar-refractivity contribution is 6.37. The molecule has 3 N–H and O–H groups in total. The maximum absolute atomic E-state index is 12.1. The van der Waals surface area contributed by atoms with Gasteiger partial charge >= 0.3 is 5.97 Å². The summed E-state index contributed by atoms with van der Waals surface area (Å²) in [7, 11) is 0. The molecule has 1 rings (SSSR count). The summed E-state index contributed by atoms with van der Waals surface area (Å²) in [5.74, 6) is -2.04. The van der Waals surface area contributed by atoms with E-state index in [1.54, 1.807) is 24.3 Å². The minimum atomic E-state index is -1.48. The lowest BCUT2D eigenvalue weighted by atomic mass is 9.72. The van der Waals surface area contributed by atoms with Crippen LogP contribution in [0.25, 0.3) is 0 Å². The Labute approximate surface area is 121 Å². The van der Waals surface area contributed by atoms with Crippen molar-refractivity contribution in [3.63, 3.8) is 0 Å². The van der Waals surface area contributed by atoms with Crippen molar-refractivity contribution in [2.24, 2.45) is 0 Å². The van der Waals surface area contributed by atoms with Crippen molar-refractivity contribution in [3.8, 4) is 0 Å². The summed E-state index contributed by atoms with van der Waals surface area (Å²) in [6, 6.07) is 6.55. The number of anilines is 1. The molecule has 0 saturated heterocycles. The fraction of sp³-hybridized carbons (Fsp3) is 0.385. The first-order chi connectivity index (χ1) is 8.97. The minimum absolute atomic E-state index is 0.167. The lowest BCUT2D eigenvalue weighted by molar-refractivity contribution is -0.152. The van der Waals surface area contributed by atoms with Crippen LogP contribution in [0.15, 0.2) is 24.3 Å². The topological polar surface area (TPSA) is 80.4 Å². The quantitative estimate of drug-likeness (QED) is 0.460. The monoisotopic (exact) mass is 303 g/mol. The molecule has 1 aromatic rings. The third-order valence-corrected chi connectivity index (χ3v) is 3.51. The van der Waals surface area contributed by atoms with Crippen LogP contribution in [0.1, 0.15) is 18.4 Å². The number of hydrogen-bond acceptors (Lipinski definition) is 3. The molecular formula is C13H15Cl2NO3. The van der Waals surface area contributed by atoms with Crippen molar-refractivity contribution in [2.45, 2.75) is 18.3 Å². The average molecular weight is 304 g/mol. The molecule has 0 aliphatic carbocycles. The van der Waals surface area contributed by atoms with Crippen LogP contribution in [0.3, 0.4) is 0 Å². The highest BCUT2D eigenvalue weighted by atomic mass is 35.5. The van der Waals surface area contributed by atoms with E-state index in [0.717, 1.165) is 0 Å². The van der Waals surface area contributed by atoms with E-state index < -0.39 is 17.2 Å². The zero-order valence-electron chi connectivity index (χ0n) is 10.2. The number of carboxylic acids is 1. The van der Waals surface area contributed by atoms with Gasteiger partial charge in [-0.15, -0.1) is 23.2 Å². The van der Waals surface area contributed by atoms with E-state index in [-0.39, 0.29) is 24.6 Å². The molecule has 0 saturated carbocycles. The zero-order chi connectivity index (χ0) is 14.5. The molecule has 0 bridgehead atoms. The Balaban J connectivity index is 3.33. The standard InChI is InChI=1S/C13H15Cl2NO3/c14-7-5-13(6-8-15,11(17)12(18)19)9-1-3-10(16)4-2-9/h1-4H,5-8,16H2,(H,18,19). The maximum atomic E-state index is 12.1. The van der Waals surface area contributed by atoms with Gasteiger partial charge in [-0.25, -0.2) is 4.79 Å². The normalized spacial score (nSPS) is 11.3. The van der Waals surface area contributed by atoms with Gasteiger partial charge in [0.25, 0.3) is 0 Å². The molecule has 6 heteroatoms. The second-order valence-corrected chi connectivity index (χ2v) is 4.97. The van der Waals surface area contributed by atoms with Crippen molar-refractivity contribution in [1.82, 2.24) is 0 Å². The number of carbonyl (C=O) groups excluding carboxylic acids is 1. The number of benzene rings is 1. The fourth-order valence-corrected chi connectivity index (χ4v) is 2.75. The van der Waals surface area contributed by atoms with Crippen molar-refractivity contribution >= 4 is 40.6 Å². The molecule has 0 heterocycles. The lowest BCUT2D eigenvalue weighted by Gasteiger charge is -2.30. The van der Waals surface area contributed by atoms with E-state index in [1.165, 1.54) is 0 Å². The number of rotatable bonds is 7. The number of nitrogens with two attached hydrogens (primary N) is 1. The van der Waals surface area contributed by atoms with Gasteiger partial charge in [-0.05, 0) is 30.5 Å². The SMILES string of the molecule is Nc1ccc(C(CCCl)(CCCl)C(=O)C(=O)O)cc1. The van der Waals surface area contributed by atoms with Crippen LogP contribution in [0.4, 0.5) is 5.69 Å². The van der Waals surface area contributed by atoms with Crippen LogP contribution in [0.2, 0.25) is 0 Å². The summed E-state index contributed by atoms with van der Waals surface area (Å²) in [6.07, 6.45) is 0.437. The van der Waals surface area contributed by atoms with Crippen molar-refractivity contribution in [1.29, 1.82) is 0 Å². The number of hydrogen-bond donors (Lipinski definition) is 2. The van der Waals surface area contributed by atoms with Gasteiger partial charge in [-0.3, -0.25) is 4.79 Å². The maximum Gasteiger partial charge on any atom is 0.373 e. The van der Waals surface area contributed by atoms with Gasteiger partial charge < -0.3 is 10.8 Å². The van der Waals surface area contributed by atoms with Crippen LogP contribution < -0.4 is 5.73 Å². The van der Waals surface area contributed by atoms with Gasteiger partial charge in [-0.2, -0.15) is 0 Å². The highest BCUT2D eigenvalue weighted by Gasteiger charge is 2.42. The molecule has 0 spiro atoms. The molecular weight excluding hydrogens is 289 g/mol. The summed E-state index contributed by atoms with van der Waals surface area (Å²) in [5.41, 5.74) is 5.53. The zero-order valence-corrected chi connectivity index (χ0v) is 11.7. The molecule has 19 heavy (non-hydrogen) atoms. The Bertz CT molecular complexity index is 453. The molecule has 0 atom stereocenters. The third-order valence-electron chi connectivity index (χ3n) is 3.13. The first kappa shape index (κ1) is 15.8. The summed E-state index contributed by atoms with van der Waals surface area (Å²) >= 11 is 11.5. The molecule has 0 aliphatic heterocycles. The number of nitrogen functional groups attached to an aromatic ring is 1. The van der Waals surface area contributed by atoms with E-state index in [0.29, 0.717) is 11.3 Å². The Hall–Kier alpha value is -1.26. The smallest absolute Gasteiger partial charge is 0.373 e. The average Bonchev–Trinajstić information content (AvgIpc) is 2.38. The molecule has 1 aromatic carbocycles. The summed E-state index contributed by atoms with van der Waals surface area (Å²) in [4.78, 5) is 23.2. The summed E-state index contributed by atoms with van der Waals surface area (Å²) in [6.45, 7) is 0. The number of aliphatic carboxylic acids is 1.